The molecule has 2 N–H and O–H groups in total. The van der Waals surface area contributed by atoms with E-state index in [2.05, 4.69) is 25.5 Å². The van der Waals surface area contributed by atoms with Gasteiger partial charge < -0.3 is 10.1 Å². The average molecular weight is 395 g/mol. The molecular weight excluding hydrogens is 381 g/mol. The molecule has 0 bridgehead atoms. The maximum Gasteiger partial charge on any atom is 0.275 e. The van der Waals surface area contributed by atoms with Crippen molar-refractivity contribution < 1.29 is 13.9 Å². The molecule has 1 amide bonds. The summed E-state index contributed by atoms with van der Waals surface area (Å²) in [5, 5.41) is 11.3. The topological polar surface area (TPSA) is 92.8 Å². The van der Waals surface area contributed by atoms with Crippen molar-refractivity contribution in [3.63, 3.8) is 0 Å². The summed E-state index contributed by atoms with van der Waals surface area (Å²) in [6, 6.07) is 11.7. The second kappa shape index (κ2) is 7.57. The number of anilines is 1. The molecule has 9 heteroatoms. The van der Waals surface area contributed by atoms with Gasteiger partial charge in [-0.05, 0) is 42.5 Å². The van der Waals surface area contributed by atoms with E-state index in [4.69, 9.17) is 4.74 Å². The predicted octanol–water partition coefficient (Wildman–Crippen LogP) is 4.00. The zero-order valence-electron chi connectivity index (χ0n) is 14.6. The van der Waals surface area contributed by atoms with E-state index >= 15 is 0 Å². The standard InChI is InChI=1S/C19H14FN5O2S/c1-27-13-5-2-11(3-6-13)19-24-16(9-28-19)18(26)23-15-8-12(4-7-14(15)20)17-21-10-22-25-17/h2-10H,1H3,(H,23,26)(H,21,22,25). The first-order valence-electron chi connectivity index (χ1n) is 8.20. The number of halogens is 1. The highest BCUT2D eigenvalue weighted by atomic mass is 32.1. The SMILES string of the molecule is COc1ccc(-c2nc(C(=O)Nc3cc(-c4ncn[nH]4)ccc3F)cs2)cc1. The first-order valence-corrected chi connectivity index (χ1v) is 9.08. The lowest BCUT2D eigenvalue weighted by Gasteiger charge is -2.06. The Balaban J connectivity index is 1.54. The number of H-pyrrole nitrogens is 1. The van der Waals surface area contributed by atoms with Gasteiger partial charge in [0.1, 0.15) is 28.6 Å². The van der Waals surface area contributed by atoms with E-state index in [1.165, 1.54) is 29.8 Å². The van der Waals surface area contributed by atoms with Gasteiger partial charge in [0.25, 0.3) is 5.91 Å². The van der Waals surface area contributed by atoms with Gasteiger partial charge in [-0.1, -0.05) is 0 Å². The van der Waals surface area contributed by atoms with Crippen molar-refractivity contribution in [2.24, 2.45) is 0 Å². The maximum absolute atomic E-state index is 14.1. The molecular formula is C19H14FN5O2S. The third kappa shape index (κ3) is 3.60. The highest BCUT2D eigenvalue weighted by Crippen LogP contribution is 2.27. The normalized spacial score (nSPS) is 10.6. The molecule has 0 saturated heterocycles. The number of nitrogens with one attached hydrogen (secondary N) is 2. The molecule has 4 aromatic rings. The lowest BCUT2D eigenvalue weighted by atomic mass is 10.2. The monoisotopic (exact) mass is 395 g/mol. The van der Waals surface area contributed by atoms with Crippen molar-refractivity contribution in [2.75, 3.05) is 12.4 Å². The van der Waals surface area contributed by atoms with E-state index < -0.39 is 11.7 Å². The van der Waals surface area contributed by atoms with Crippen molar-refractivity contribution in [3.8, 4) is 27.7 Å². The second-order valence-electron chi connectivity index (χ2n) is 5.75. The smallest absolute Gasteiger partial charge is 0.275 e. The van der Waals surface area contributed by atoms with E-state index in [-0.39, 0.29) is 11.4 Å². The van der Waals surface area contributed by atoms with Gasteiger partial charge in [0, 0.05) is 16.5 Å². The van der Waals surface area contributed by atoms with Crippen LogP contribution in [-0.2, 0) is 0 Å². The minimum atomic E-state index is -0.553. The van der Waals surface area contributed by atoms with Gasteiger partial charge in [0.05, 0.1) is 12.8 Å². The highest BCUT2D eigenvalue weighted by molar-refractivity contribution is 7.13. The molecule has 2 aromatic carbocycles. The van der Waals surface area contributed by atoms with Crippen LogP contribution in [0.4, 0.5) is 10.1 Å². The molecule has 0 spiro atoms. The number of hydrogen-bond acceptors (Lipinski definition) is 6. The summed E-state index contributed by atoms with van der Waals surface area (Å²) in [5.74, 6) is 0.165. The van der Waals surface area contributed by atoms with Crippen LogP contribution in [-0.4, -0.2) is 33.2 Å². The molecule has 0 aliphatic carbocycles. The molecule has 7 nitrogen and oxygen atoms in total. The fraction of sp³-hybridized carbons (Fsp3) is 0.0526. The minimum Gasteiger partial charge on any atom is -0.497 e. The Morgan fingerprint density at radius 3 is 2.68 bits per heavy atom. The number of amides is 1. The summed E-state index contributed by atoms with van der Waals surface area (Å²) >= 11 is 1.33. The number of carbonyl (C=O) groups is 1. The summed E-state index contributed by atoms with van der Waals surface area (Å²) < 4.78 is 19.3. The molecule has 140 valence electrons. The molecule has 2 heterocycles. The number of ether oxygens (including phenoxy) is 1. The molecule has 2 aromatic heterocycles. The molecule has 28 heavy (non-hydrogen) atoms. The number of benzene rings is 2. The first-order chi connectivity index (χ1) is 13.6. The Labute approximate surface area is 163 Å². The number of hydrogen-bond donors (Lipinski definition) is 2. The molecule has 0 fully saturated rings. The van der Waals surface area contributed by atoms with Crippen LogP contribution in [0.25, 0.3) is 22.0 Å². The van der Waals surface area contributed by atoms with Crippen molar-refractivity contribution in [3.05, 3.63) is 65.7 Å². The lowest BCUT2D eigenvalue weighted by Crippen LogP contribution is -2.13. The summed E-state index contributed by atoms with van der Waals surface area (Å²) in [5.41, 5.74) is 1.72. The van der Waals surface area contributed by atoms with Crippen molar-refractivity contribution >= 4 is 22.9 Å². The van der Waals surface area contributed by atoms with Crippen molar-refractivity contribution in [1.29, 1.82) is 0 Å². The number of thiazole rings is 1. The van der Waals surface area contributed by atoms with Crippen molar-refractivity contribution in [1.82, 2.24) is 20.2 Å². The first kappa shape index (κ1) is 17.8. The van der Waals surface area contributed by atoms with Crippen LogP contribution < -0.4 is 10.1 Å². The Kier molecular flexibility index (Phi) is 4.81. The number of aromatic nitrogens is 4. The van der Waals surface area contributed by atoms with Crippen LogP contribution in [0.15, 0.2) is 54.2 Å². The van der Waals surface area contributed by atoms with Gasteiger partial charge in [0.2, 0.25) is 0 Å². The lowest BCUT2D eigenvalue weighted by molar-refractivity contribution is 0.102. The van der Waals surface area contributed by atoms with Gasteiger partial charge in [0.15, 0.2) is 5.82 Å². The third-order valence-electron chi connectivity index (χ3n) is 3.98. The Hall–Kier alpha value is -3.59. The van der Waals surface area contributed by atoms with Crippen LogP contribution in [0.2, 0.25) is 0 Å². The third-order valence-corrected chi connectivity index (χ3v) is 4.87. The molecule has 0 saturated carbocycles. The van der Waals surface area contributed by atoms with E-state index in [1.54, 1.807) is 18.6 Å². The molecule has 4 rings (SSSR count). The minimum absolute atomic E-state index is 0.0397. The van der Waals surface area contributed by atoms with E-state index in [0.717, 1.165) is 11.3 Å². The van der Waals surface area contributed by atoms with E-state index in [0.29, 0.717) is 16.4 Å². The number of nitrogens with zero attached hydrogens (tertiary/aromatic N) is 3. The molecule has 0 aliphatic rings. The largest absolute Gasteiger partial charge is 0.497 e. The summed E-state index contributed by atoms with van der Waals surface area (Å²) in [7, 11) is 1.59. The van der Waals surface area contributed by atoms with Gasteiger partial charge in [-0.25, -0.2) is 14.4 Å². The fourth-order valence-corrected chi connectivity index (χ4v) is 3.35. The quantitative estimate of drug-likeness (QED) is 0.533. The Morgan fingerprint density at radius 1 is 1.18 bits per heavy atom. The van der Waals surface area contributed by atoms with Crippen LogP contribution >= 0.6 is 11.3 Å². The Bertz CT molecular complexity index is 1110. The zero-order valence-corrected chi connectivity index (χ0v) is 15.5. The van der Waals surface area contributed by atoms with E-state index in [1.807, 2.05) is 24.3 Å². The summed E-state index contributed by atoms with van der Waals surface area (Å²) in [6.07, 6.45) is 1.35. The number of carbonyl (C=O) groups excluding carboxylic acids is 1. The van der Waals surface area contributed by atoms with Crippen molar-refractivity contribution in [2.45, 2.75) is 0 Å². The average Bonchev–Trinajstić information content (AvgIpc) is 3.42. The summed E-state index contributed by atoms with van der Waals surface area (Å²) in [6.45, 7) is 0. The van der Waals surface area contributed by atoms with Crippen LogP contribution in [0.5, 0.6) is 5.75 Å². The Morgan fingerprint density at radius 2 is 1.96 bits per heavy atom. The van der Waals surface area contributed by atoms with Gasteiger partial charge in [-0.2, -0.15) is 5.10 Å². The van der Waals surface area contributed by atoms with Crippen LogP contribution in [0.1, 0.15) is 10.5 Å². The van der Waals surface area contributed by atoms with Crippen LogP contribution in [0, 0.1) is 5.82 Å². The zero-order chi connectivity index (χ0) is 19.5. The van der Waals surface area contributed by atoms with E-state index in [9.17, 15) is 9.18 Å². The number of aromatic amines is 1. The second-order valence-corrected chi connectivity index (χ2v) is 6.61. The molecule has 0 unspecified atom stereocenters. The molecule has 0 atom stereocenters. The number of methoxy groups -OCH3 is 1. The summed E-state index contributed by atoms with van der Waals surface area (Å²) in [4.78, 5) is 20.9. The molecule has 0 aliphatic heterocycles. The van der Waals surface area contributed by atoms with Gasteiger partial charge in [-0.15, -0.1) is 11.3 Å². The van der Waals surface area contributed by atoms with Gasteiger partial charge in [-0.3, -0.25) is 9.89 Å². The fourth-order valence-electron chi connectivity index (χ4n) is 2.54. The predicted molar refractivity (Wildman–Crippen MR) is 104 cm³/mol. The van der Waals surface area contributed by atoms with Gasteiger partial charge >= 0.3 is 0 Å². The van der Waals surface area contributed by atoms with Crippen LogP contribution in [0.3, 0.4) is 0 Å². The number of rotatable bonds is 5. The highest BCUT2D eigenvalue weighted by Gasteiger charge is 2.15. The molecule has 0 radical (unpaired) electrons. The maximum atomic E-state index is 14.1.